The minimum absolute atomic E-state index is 0.240. The highest BCUT2D eigenvalue weighted by atomic mass is 32.1. The molecule has 0 bridgehead atoms. The van der Waals surface area contributed by atoms with Crippen molar-refractivity contribution in [3.05, 3.63) is 51.4 Å². The Bertz CT molecular complexity index is 976. The van der Waals surface area contributed by atoms with Crippen LogP contribution in [0.25, 0.3) is 0 Å². The predicted octanol–water partition coefficient (Wildman–Crippen LogP) is 2.22. The Labute approximate surface area is 165 Å². The summed E-state index contributed by atoms with van der Waals surface area (Å²) in [4.78, 5) is 51.9. The number of rotatable bonds is 4. The lowest BCUT2D eigenvalue weighted by molar-refractivity contribution is -0.116. The van der Waals surface area contributed by atoms with Crippen LogP contribution >= 0.6 is 11.3 Å². The molecule has 7 nitrogen and oxygen atoms in total. The molecule has 0 unspecified atom stereocenters. The van der Waals surface area contributed by atoms with Crippen LogP contribution in [0.3, 0.4) is 0 Å². The molecule has 1 aliphatic heterocycles. The number of hydrogen-bond donors (Lipinski definition) is 2. The maximum atomic E-state index is 12.6. The summed E-state index contributed by atoms with van der Waals surface area (Å²) in [6.07, 6.45) is 3.76. The van der Waals surface area contributed by atoms with E-state index in [0.29, 0.717) is 21.7 Å². The van der Waals surface area contributed by atoms with E-state index in [2.05, 4.69) is 10.6 Å². The number of fused-ring (bicyclic) bond motifs is 2. The van der Waals surface area contributed by atoms with Crippen molar-refractivity contribution in [3.63, 3.8) is 0 Å². The van der Waals surface area contributed by atoms with E-state index < -0.39 is 17.7 Å². The van der Waals surface area contributed by atoms with Crippen molar-refractivity contribution in [3.8, 4) is 0 Å². The number of carbonyl (C=O) groups is 4. The molecule has 2 heterocycles. The van der Waals surface area contributed by atoms with Gasteiger partial charge in [-0.3, -0.25) is 24.1 Å². The van der Waals surface area contributed by atoms with E-state index >= 15 is 0 Å². The molecule has 1 aliphatic carbocycles. The van der Waals surface area contributed by atoms with Crippen LogP contribution in [0.1, 0.15) is 54.4 Å². The van der Waals surface area contributed by atoms with Gasteiger partial charge in [0.05, 0.1) is 16.7 Å². The number of nitrogens with zero attached hydrogens (tertiary/aromatic N) is 1. The molecule has 2 aliphatic rings. The minimum atomic E-state index is -0.502. The summed E-state index contributed by atoms with van der Waals surface area (Å²) in [6, 6.07) is 6.51. The third-order valence-electron chi connectivity index (χ3n) is 5.06. The van der Waals surface area contributed by atoms with Crippen LogP contribution in [0, 0.1) is 0 Å². The van der Waals surface area contributed by atoms with Crippen molar-refractivity contribution in [2.45, 2.75) is 25.7 Å². The second-order valence-electron chi connectivity index (χ2n) is 6.78. The van der Waals surface area contributed by atoms with Crippen LogP contribution in [0.4, 0.5) is 5.00 Å². The monoisotopic (exact) mass is 397 g/mol. The fourth-order valence-electron chi connectivity index (χ4n) is 3.71. The second-order valence-corrected chi connectivity index (χ2v) is 7.89. The van der Waals surface area contributed by atoms with E-state index in [1.807, 2.05) is 0 Å². The van der Waals surface area contributed by atoms with E-state index in [1.165, 1.54) is 11.3 Å². The third-order valence-corrected chi connectivity index (χ3v) is 6.27. The summed E-state index contributed by atoms with van der Waals surface area (Å²) in [5.41, 5.74) is 2.10. The van der Waals surface area contributed by atoms with Crippen LogP contribution in [0.5, 0.6) is 0 Å². The van der Waals surface area contributed by atoms with Crippen LogP contribution in [-0.2, 0) is 17.6 Å². The first-order valence-electron chi connectivity index (χ1n) is 9.13. The van der Waals surface area contributed by atoms with Gasteiger partial charge in [0.2, 0.25) is 5.91 Å². The molecule has 0 spiro atoms. The summed E-state index contributed by atoms with van der Waals surface area (Å²) in [6.45, 7) is -0.387. The first-order valence-corrected chi connectivity index (χ1v) is 9.94. The quantitative estimate of drug-likeness (QED) is 0.774. The molecule has 4 amide bonds. The van der Waals surface area contributed by atoms with Crippen LogP contribution in [-0.4, -0.2) is 42.1 Å². The van der Waals surface area contributed by atoms with E-state index in [9.17, 15) is 19.2 Å². The van der Waals surface area contributed by atoms with Gasteiger partial charge in [-0.25, -0.2) is 0 Å². The van der Waals surface area contributed by atoms with Crippen LogP contribution in [0.15, 0.2) is 24.3 Å². The number of thiophene rings is 1. The average Bonchev–Trinajstić information content (AvgIpc) is 3.18. The third kappa shape index (κ3) is 2.99. The highest BCUT2D eigenvalue weighted by molar-refractivity contribution is 7.17. The Hall–Kier alpha value is -3.00. The average molecular weight is 397 g/mol. The summed E-state index contributed by atoms with van der Waals surface area (Å²) in [7, 11) is 1.56. The maximum absolute atomic E-state index is 12.6. The summed E-state index contributed by atoms with van der Waals surface area (Å²) in [5, 5.41) is 5.86. The van der Waals surface area contributed by atoms with E-state index in [1.54, 1.807) is 31.3 Å². The standard InChI is InChI=1S/C20H19N3O4S/c1-21-17(25)16-13-8-4-5-9-14(13)28-18(16)22-15(24)10-23-19(26)11-6-2-3-7-12(11)20(23)27/h2-3,6-7H,4-5,8-10H2,1H3,(H,21,25)(H,22,24). The van der Waals surface area contributed by atoms with Gasteiger partial charge in [-0.1, -0.05) is 12.1 Å². The number of amides is 4. The number of imide groups is 1. The van der Waals surface area contributed by atoms with Crippen molar-refractivity contribution >= 4 is 40.0 Å². The lowest BCUT2D eigenvalue weighted by Crippen LogP contribution is -2.37. The van der Waals surface area contributed by atoms with Crippen molar-refractivity contribution in [1.82, 2.24) is 10.2 Å². The summed E-state index contributed by atoms with van der Waals surface area (Å²) < 4.78 is 0. The zero-order valence-electron chi connectivity index (χ0n) is 15.3. The van der Waals surface area contributed by atoms with Gasteiger partial charge in [0.1, 0.15) is 11.5 Å². The Morgan fingerprint density at radius 1 is 1.07 bits per heavy atom. The van der Waals surface area contributed by atoms with Crippen molar-refractivity contribution < 1.29 is 19.2 Å². The van der Waals surface area contributed by atoms with Crippen LogP contribution in [0.2, 0.25) is 0 Å². The van der Waals surface area contributed by atoms with Gasteiger partial charge in [0.15, 0.2) is 0 Å². The molecule has 144 valence electrons. The summed E-state index contributed by atoms with van der Waals surface area (Å²) >= 11 is 1.40. The normalized spacial score (nSPS) is 15.2. The van der Waals surface area contributed by atoms with Gasteiger partial charge in [-0.2, -0.15) is 0 Å². The number of carbonyl (C=O) groups excluding carboxylic acids is 4. The molecule has 2 aromatic rings. The van der Waals surface area contributed by atoms with Crippen molar-refractivity contribution in [2.75, 3.05) is 18.9 Å². The number of anilines is 1. The lowest BCUT2D eigenvalue weighted by Gasteiger charge is -2.14. The zero-order chi connectivity index (χ0) is 19.8. The molecule has 0 saturated carbocycles. The highest BCUT2D eigenvalue weighted by Gasteiger charge is 2.36. The number of benzene rings is 1. The van der Waals surface area contributed by atoms with Gasteiger partial charge in [0, 0.05) is 11.9 Å². The smallest absolute Gasteiger partial charge is 0.262 e. The Balaban J connectivity index is 1.55. The maximum Gasteiger partial charge on any atom is 0.262 e. The van der Waals surface area contributed by atoms with E-state index in [-0.39, 0.29) is 12.5 Å². The van der Waals surface area contributed by atoms with Crippen molar-refractivity contribution in [1.29, 1.82) is 0 Å². The topological polar surface area (TPSA) is 95.6 Å². The summed E-state index contributed by atoms with van der Waals surface area (Å²) in [5.74, 6) is -1.70. The van der Waals surface area contributed by atoms with Gasteiger partial charge >= 0.3 is 0 Å². The zero-order valence-corrected chi connectivity index (χ0v) is 16.1. The molecule has 0 saturated heterocycles. The van der Waals surface area contributed by atoms with Crippen LogP contribution < -0.4 is 10.6 Å². The fourth-order valence-corrected chi connectivity index (χ4v) is 5.01. The van der Waals surface area contributed by atoms with Gasteiger partial charge in [-0.15, -0.1) is 11.3 Å². The predicted molar refractivity (Wildman–Crippen MR) is 105 cm³/mol. The van der Waals surface area contributed by atoms with E-state index in [4.69, 9.17) is 0 Å². The lowest BCUT2D eigenvalue weighted by atomic mass is 9.95. The molecule has 1 aromatic carbocycles. The highest BCUT2D eigenvalue weighted by Crippen LogP contribution is 2.38. The molecule has 4 rings (SSSR count). The molecule has 0 fully saturated rings. The minimum Gasteiger partial charge on any atom is -0.355 e. The number of aryl methyl sites for hydroxylation is 1. The fraction of sp³-hybridized carbons (Fsp3) is 0.300. The molecule has 0 radical (unpaired) electrons. The SMILES string of the molecule is CNC(=O)c1c(NC(=O)CN2C(=O)c3ccccc3C2=O)sc2c1CCCC2. The first-order chi connectivity index (χ1) is 13.5. The van der Waals surface area contributed by atoms with Gasteiger partial charge < -0.3 is 10.6 Å². The molecular weight excluding hydrogens is 378 g/mol. The van der Waals surface area contributed by atoms with Crippen molar-refractivity contribution in [2.24, 2.45) is 0 Å². The Morgan fingerprint density at radius 2 is 1.71 bits per heavy atom. The first kappa shape index (κ1) is 18.4. The molecule has 8 heteroatoms. The number of hydrogen-bond acceptors (Lipinski definition) is 5. The molecule has 28 heavy (non-hydrogen) atoms. The van der Waals surface area contributed by atoms with Gasteiger partial charge in [0.25, 0.3) is 17.7 Å². The molecule has 2 N–H and O–H groups in total. The van der Waals surface area contributed by atoms with E-state index in [0.717, 1.165) is 41.0 Å². The molecule has 0 atom stereocenters. The Morgan fingerprint density at radius 3 is 2.36 bits per heavy atom. The Kier molecular flexibility index (Phi) is 4.72. The second kappa shape index (κ2) is 7.20. The molecular formula is C20H19N3O4S. The molecule has 1 aromatic heterocycles. The van der Waals surface area contributed by atoms with Gasteiger partial charge in [-0.05, 0) is 43.4 Å². The largest absolute Gasteiger partial charge is 0.355 e. The number of nitrogens with one attached hydrogen (secondary N) is 2.